The number of para-hydroxylation sites is 5. The fraction of sp³-hybridized carbons (Fsp3) is 0.160. The largest absolute Gasteiger partial charge is 0.458 e. The van der Waals surface area contributed by atoms with Gasteiger partial charge in [0.1, 0.15) is 11.5 Å². The highest BCUT2D eigenvalue weighted by molar-refractivity contribution is 7.02. The van der Waals surface area contributed by atoms with Gasteiger partial charge in [-0.1, -0.05) is 265 Å². The van der Waals surface area contributed by atoms with Crippen molar-refractivity contribution >= 4 is 141 Å². The lowest BCUT2D eigenvalue weighted by Gasteiger charge is -2.46. The van der Waals surface area contributed by atoms with Crippen LogP contribution in [0.4, 0.5) is 51.2 Å². The van der Waals surface area contributed by atoms with Crippen LogP contribution in [0.3, 0.4) is 0 Å². The molecule has 16 aromatic rings. The van der Waals surface area contributed by atoms with Crippen LogP contribution in [0.2, 0.25) is 0 Å². The Morgan fingerprint density at radius 1 is 0.250 bits per heavy atom. The summed E-state index contributed by atoms with van der Waals surface area (Å²) in [7, 11) is 0. The monoisotopic (exact) mass is 1390 g/mol. The molecule has 0 atom stereocenters. The first-order valence-corrected chi connectivity index (χ1v) is 38.5. The summed E-state index contributed by atoms with van der Waals surface area (Å²) in [5, 5.41) is 4.98. The van der Waals surface area contributed by atoms with Gasteiger partial charge in [0.15, 0.2) is 0 Å². The average molecular weight is 1390 g/mol. The number of hydrogen-bond donors (Lipinski definition) is 0. The Morgan fingerprint density at radius 2 is 0.611 bits per heavy atom. The van der Waals surface area contributed by atoms with E-state index in [0.717, 1.165) is 129 Å². The summed E-state index contributed by atoms with van der Waals surface area (Å²) in [5.41, 5.74) is 33.3. The van der Waals surface area contributed by atoms with E-state index in [0.29, 0.717) is 0 Å². The highest BCUT2D eigenvalue weighted by Crippen LogP contribution is 2.54. The fourth-order valence-corrected chi connectivity index (χ4v) is 18.3. The quantitative estimate of drug-likeness (QED) is 0.149. The second-order valence-corrected chi connectivity index (χ2v) is 34.5. The van der Waals surface area contributed by atoms with Gasteiger partial charge in [-0.15, -0.1) is 0 Å². The van der Waals surface area contributed by atoms with Crippen molar-refractivity contribution in [2.24, 2.45) is 0 Å². The van der Waals surface area contributed by atoms with Crippen LogP contribution in [0, 0.1) is 0 Å². The summed E-state index contributed by atoms with van der Waals surface area (Å²) in [4.78, 5) is 7.72. The summed E-state index contributed by atoms with van der Waals surface area (Å²) in [6.45, 7) is 27.5. The van der Waals surface area contributed by atoms with Gasteiger partial charge >= 0.3 is 0 Å². The lowest BCUT2D eigenvalue weighted by molar-refractivity contribution is 0.487. The van der Waals surface area contributed by atoms with Crippen LogP contribution in [0.15, 0.2) is 297 Å². The Kier molecular flexibility index (Phi) is 14.4. The number of fused-ring (bicyclic) bond motifs is 14. The number of benzene rings is 14. The molecule has 0 amide bonds. The van der Waals surface area contributed by atoms with Crippen LogP contribution in [0.1, 0.15) is 105 Å². The molecule has 0 aliphatic carbocycles. The highest BCUT2D eigenvalue weighted by atomic mass is 16.5. The molecule has 0 fully saturated rings. The van der Waals surface area contributed by atoms with Crippen LogP contribution in [-0.2, 0) is 21.7 Å². The molecule has 108 heavy (non-hydrogen) atoms. The van der Waals surface area contributed by atoms with Crippen molar-refractivity contribution in [1.82, 2.24) is 9.13 Å². The van der Waals surface area contributed by atoms with E-state index in [9.17, 15) is 0 Å². The SMILES string of the molecule is CC(C)(C)c1ccc2c(c1)c1cc(C(C)(C)C)ccc1n2-c1cc2c3c(c1)N(c1ccccc1)c1ccccc1B3c1cc3c(cc1O2)N(c1c(-c2ccccc2)cccc1-c1ccccc1)c1cc(-n2c4ccc(C(C)(C)C)cc4c4cc(C(C)(C)C)ccc42)cc2c1B3c1ccccc1N2c1ccccc1. The number of ether oxygens (including phenoxy) is 1. The molecule has 0 unspecified atom stereocenters. The summed E-state index contributed by atoms with van der Waals surface area (Å²) in [6.07, 6.45) is 0. The van der Waals surface area contributed by atoms with E-state index in [-0.39, 0.29) is 35.1 Å². The minimum absolute atomic E-state index is 0.0586. The maximum Gasteiger partial charge on any atom is 0.256 e. The third-order valence-corrected chi connectivity index (χ3v) is 23.7. The Balaban J connectivity index is 0.915. The lowest BCUT2D eigenvalue weighted by atomic mass is 9.30. The standard InChI is InChI=1S/C100H85B2N5O/c1-97(2,3)64-44-48-82-74(52-64)75-53-65(98(4,5)6)45-49-83(75)105(82)70-56-89-94-90(57-70)107(96-72(62-30-17-13-18-31-62)38-29-39-73(96)63-32-19-14-20-33-63)88-61-92-81(60-80(88)101(94)78-40-25-27-42-86(78)103(89)68-34-21-15-22-35-68)102-79-41-26-28-43-87(79)104(69-36-23-16-24-37-69)91-58-71(59-93(108-92)95(91)102)106-84-50-46-66(99(7,8)9)54-76(84)77-55-67(100(10,11)12)47-51-85(77)106/h13-61H,1-12H3. The van der Waals surface area contributed by atoms with Crippen molar-refractivity contribution in [2.45, 2.75) is 105 Å². The Bertz CT molecular complexity index is 6200. The molecular formula is C100H85B2N5O. The molecular weight excluding hydrogens is 1310 g/mol. The molecule has 8 heteroatoms. The predicted octanol–water partition coefficient (Wildman–Crippen LogP) is 22.9. The van der Waals surface area contributed by atoms with Gasteiger partial charge in [-0.05, 0) is 191 Å². The van der Waals surface area contributed by atoms with Crippen molar-refractivity contribution in [2.75, 3.05) is 14.7 Å². The van der Waals surface area contributed by atoms with Crippen molar-refractivity contribution in [3.05, 3.63) is 320 Å². The van der Waals surface area contributed by atoms with Gasteiger partial charge in [0.05, 0.1) is 39.1 Å². The molecule has 0 saturated carbocycles. The zero-order valence-electron chi connectivity index (χ0n) is 63.6. The van der Waals surface area contributed by atoms with Crippen molar-refractivity contribution in [3.8, 4) is 45.1 Å². The van der Waals surface area contributed by atoms with E-state index >= 15 is 0 Å². The maximum absolute atomic E-state index is 8.10. The van der Waals surface area contributed by atoms with Crippen molar-refractivity contribution in [3.63, 3.8) is 0 Å². The Hall–Kier alpha value is -12.0. The van der Waals surface area contributed by atoms with Crippen LogP contribution >= 0.6 is 0 Å². The van der Waals surface area contributed by atoms with Gasteiger partial charge in [-0.2, -0.15) is 0 Å². The molecule has 6 heterocycles. The zero-order valence-corrected chi connectivity index (χ0v) is 63.6. The van der Waals surface area contributed by atoms with Crippen LogP contribution in [-0.4, -0.2) is 22.6 Å². The van der Waals surface area contributed by atoms with E-state index in [1.165, 1.54) is 65.6 Å². The van der Waals surface area contributed by atoms with E-state index in [4.69, 9.17) is 4.74 Å². The molecule has 4 aliphatic heterocycles. The van der Waals surface area contributed by atoms with Gasteiger partial charge in [0, 0.05) is 90.3 Å². The number of nitrogens with zero attached hydrogens (tertiary/aromatic N) is 5. The van der Waals surface area contributed by atoms with Gasteiger partial charge in [-0.3, -0.25) is 0 Å². The number of hydrogen-bond acceptors (Lipinski definition) is 4. The molecule has 0 bridgehead atoms. The molecule has 0 radical (unpaired) electrons. The molecule has 20 rings (SSSR count). The van der Waals surface area contributed by atoms with Gasteiger partial charge < -0.3 is 28.6 Å². The van der Waals surface area contributed by atoms with Gasteiger partial charge in [0.2, 0.25) is 0 Å². The third kappa shape index (κ3) is 10.1. The first-order valence-electron chi connectivity index (χ1n) is 38.5. The highest BCUT2D eigenvalue weighted by Gasteiger charge is 2.49. The number of rotatable bonds is 7. The number of aromatic nitrogens is 2. The zero-order chi connectivity index (χ0) is 73.6. The minimum atomic E-state index is -0.238. The van der Waals surface area contributed by atoms with Gasteiger partial charge in [-0.25, -0.2) is 0 Å². The summed E-state index contributed by atoms with van der Waals surface area (Å²) < 4.78 is 13.2. The smallest absolute Gasteiger partial charge is 0.256 e. The molecule has 14 aromatic carbocycles. The molecule has 2 aromatic heterocycles. The molecule has 6 nitrogen and oxygen atoms in total. The molecule has 522 valence electrons. The van der Waals surface area contributed by atoms with E-state index in [2.05, 4.69) is 404 Å². The molecule has 4 aliphatic rings. The van der Waals surface area contributed by atoms with E-state index < -0.39 is 0 Å². The second kappa shape index (κ2) is 23.8. The van der Waals surface area contributed by atoms with E-state index in [1.807, 2.05) is 0 Å². The van der Waals surface area contributed by atoms with Crippen LogP contribution < -0.4 is 52.2 Å². The van der Waals surface area contributed by atoms with Crippen molar-refractivity contribution < 1.29 is 4.74 Å². The van der Waals surface area contributed by atoms with Crippen molar-refractivity contribution in [1.29, 1.82) is 0 Å². The number of anilines is 9. The van der Waals surface area contributed by atoms with Gasteiger partial charge in [0.25, 0.3) is 13.4 Å². The second-order valence-electron chi connectivity index (χ2n) is 34.5. The average Bonchev–Trinajstić information content (AvgIpc) is 0.692. The first-order chi connectivity index (χ1) is 52.1. The summed E-state index contributed by atoms with van der Waals surface area (Å²) in [6, 6.07) is 113. The van der Waals surface area contributed by atoms with Crippen LogP contribution in [0.25, 0.3) is 77.2 Å². The third-order valence-electron chi connectivity index (χ3n) is 23.7. The topological polar surface area (TPSA) is 28.8 Å². The van der Waals surface area contributed by atoms with Crippen LogP contribution in [0.5, 0.6) is 11.5 Å². The Morgan fingerprint density at radius 3 is 1.03 bits per heavy atom. The van der Waals surface area contributed by atoms with E-state index in [1.54, 1.807) is 0 Å². The molecule has 0 spiro atoms. The summed E-state index contributed by atoms with van der Waals surface area (Å²) in [5.74, 6) is 1.66. The maximum atomic E-state index is 8.10. The first kappa shape index (κ1) is 65.5. The molecule has 0 saturated heterocycles. The summed E-state index contributed by atoms with van der Waals surface area (Å²) >= 11 is 0. The normalized spacial score (nSPS) is 13.7. The lowest BCUT2D eigenvalue weighted by Crippen LogP contribution is -2.64. The predicted molar refractivity (Wildman–Crippen MR) is 461 cm³/mol. The fourth-order valence-electron chi connectivity index (χ4n) is 18.3. The Labute approximate surface area is 634 Å². The molecule has 0 N–H and O–H groups in total. The minimum Gasteiger partial charge on any atom is -0.458 e.